The van der Waals surface area contributed by atoms with Crippen LogP contribution in [-0.2, 0) is 6.54 Å². The van der Waals surface area contributed by atoms with Crippen molar-refractivity contribution in [2.45, 2.75) is 19.5 Å². The van der Waals surface area contributed by atoms with Crippen molar-refractivity contribution in [2.24, 2.45) is 0 Å². The Morgan fingerprint density at radius 2 is 2.56 bits per heavy atom. The van der Waals surface area contributed by atoms with E-state index in [9.17, 15) is 0 Å². The summed E-state index contributed by atoms with van der Waals surface area (Å²) in [5.41, 5.74) is 2.27. The van der Waals surface area contributed by atoms with Gasteiger partial charge < -0.3 is 5.32 Å². The van der Waals surface area contributed by atoms with Crippen LogP contribution in [0, 0.1) is 18.3 Å². The van der Waals surface area contributed by atoms with E-state index < -0.39 is 0 Å². The van der Waals surface area contributed by atoms with E-state index in [1.165, 1.54) is 5.56 Å². The average Bonchev–Trinajstić information content (AvgIpc) is 2.33. The molecule has 16 heavy (non-hydrogen) atoms. The molecule has 4 heteroatoms. The molecule has 84 valence electrons. The standard InChI is InChI=1S/C12H16N4/c1-10-3-2-4-15-12(10)9-16-6-5-14-8-11(16)7-13/h2-4,11,14H,5-6,8-9H2,1H3. The molecule has 0 saturated carbocycles. The summed E-state index contributed by atoms with van der Waals surface area (Å²) in [4.78, 5) is 6.56. The molecule has 1 N–H and O–H groups in total. The van der Waals surface area contributed by atoms with E-state index in [0.29, 0.717) is 0 Å². The van der Waals surface area contributed by atoms with Crippen LogP contribution in [0.5, 0.6) is 0 Å². The predicted octanol–water partition coefficient (Wildman–Crippen LogP) is 0.687. The van der Waals surface area contributed by atoms with Crippen LogP contribution in [0.1, 0.15) is 11.3 Å². The molecule has 1 saturated heterocycles. The van der Waals surface area contributed by atoms with Crippen LogP contribution in [0.4, 0.5) is 0 Å². The Morgan fingerprint density at radius 3 is 3.31 bits per heavy atom. The SMILES string of the molecule is Cc1cccnc1CN1CCNCC1C#N. The van der Waals surface area contributed by atoms with Crippen LogP contribution in [-0.4, -0.2) is 35.6 Å². The molecule has 0 bridgehead atoms. The number of rotatable bonds is 2. The highest BCUT2D eigenvalue weighted by Crippen LogP contribution is 2.11. The normalized spacial score (nSPS) is 21.6. The van der Waals surface area contributed by atoms with Crippen LogP contribution in [0.15, 0.2) is 18.3 Å². The van der Waals surface area contributed by atoms with Crippen molar-refractivity contribution >= 4 is 0 Å². The van der Waals surface area contributed by atoms with Gasteiger partial charge in [0.15, 0.2) is 0 Å². The molecule has 1 aromatic heterocycles. The third kappa shape index (κ3) is 2.38. The summed E-state index contributed by atoms with van der Waals surface area (Å²) < 4.78 is 0. The van der Waals surface area contributed by atoms with Gasteiger partial charge in [-0.05, 0) is 18.6 Å². The topological polar surface area (TPSA) is 52.0 Å². The number of nitrogens with one attached hydrogen (secondary N) is 1. The maximum atomic E-state index is 9.06. The fourth-order valence-corrected chi connectivity index (χ4v) is 1.94. The van der Waals surface area contributed by atoms with E-state index in [0.717, 1.165) is 31.9 Å². The lowest BCUT2D eigenvalue weighted by Crippen LogP contribution is -2.50. The molecule has 1 aliphatic rings. The molecule has 1 unspecified atom stereocenters. The molecule has 0 radical (unpaired) electrons. The molecule has 4 nitrogen and oxygen atoms in total. The van der Waals surface area contributed by atoms with Crippen LogP contribution < -0.4 is 5.32 Å². The largest absolute Gasteiger partial charge is 0.313 e. The lowest BCUT2D eigenvalue weighted by molar-refractivity contribution is 0.187. The van der Waals surface area contributed by atoms with Crippen molar-refractivity contribution in [1.29, 1.82) is 5.26 Å². The summed E-state index contributed by atoms with van der Waals surface area (Å²) in [5, 5.41) is 12.3. The molecule has 1 aromatic rings. The Labute approximate surface area is 95.9 Å². The van der Waals surface area contributed by atoms with Crippen molar-refractivity contribution in [1.82, 2.24) is 15.2 Å². The number of hydrogen-bond donors (Lipinski definition) is 1. The molecule has 2 rings (SSSR count). The number of pyridine rings is 1. The molecular weight excluding hydrogens is 200 g/mol. The van der Waals surface area contributed by atoms with E-state index in [4.69, 9.17) is 5.26 Å². The van der Waals surface area contributed by atoms with Gasteiger partial charge in [-0.15, -0.1) is 0 Å². The summed E-state index contributed by atoms with van der Waals surface area (Å²) in [6.07, 6.45) is 1.81. The zero-order chi connectivity index (χ0) is 11.4. The van der Waals surface area contributed by atoms with Crippen LogP contribution in [0.25, 0.3) is 0 Å². The molecule has 0 spiro atoms. The van der Waals surface area contributed by atoms with Gasteiger partial charge in [0, 0.05) is 32.4 Å². The van der Waals surface area contributed by atoms with Crippen LogP contribution >= 0.6 is 0 Å². The molecule has 1 atom stereocenters. The monoisotopic (exact) mass is 216 g/mol. The second-order valence-electron chi connectivity index (χ2n) is 4.09. The van der Waals surface area contributed by atoms with Crippen molar-refractivity contribution < 1.29 is 0 Å². The number of nitrogens with zero attached hydrogens (tertiary/aromatic N) is 3. The van der Waals surface area contributed by atoms with Crippen LogP contribution in [0.2, 0.25) is 0 Å². The van der Waals surface area contributed by atoms with Gasteiger partial charge in [-0.1, -0.05) is 6.07 Å². The first-order chi connectivity index (χ1) is 7.81. The van der Waals surface area contributed by atoms with Crippen molar-refractivity contribution in [3.8, 4) is 6.07 Å². The number of aryl methyl sites for hydroxylation is 1. The van der Waals surface area contributed by atoms with Crippen molar-refractivity contribution in [2.75, 3.05) is 19.6 Å². The minimum Gasteiger partial charge on any atom is -0.313 e. The summed E-state index contributed by atoms with van der Waals surface area (Å²) in [6, 6.07) is 6.30. The molecule has 0 aliphatic carbocycles. The fourth-order valence-electron chi connectivity index (χ4n) is 1.94. The highest BCUT2D eigenvalue weighted by Gasteiger charge is 2.22. The molecule has 1 aliphatic heterocycles. The minimum absolute atomic E-state index is 0.0323. The lowest BCUT2D eigenvalue weighted by Gasteiger charge is -2.31. The van der Waals surface area contributed by atoms with E-state index in [1.54, 1.807) is 0 Å². The minimum atomic E-state index is -0.0323. The Balaban J connectivity index is 2.09. The Morgan fingerprint density at radius 1 is 1.69 bits per heavy atom. The quantitative estimate of drug-likeness (QED) is 0.790. The molecule has 0 amide bonds. The molecule has 0 aromatic carbocycles. The van der Waals surface area contributed by atoms with Gasteiger partial charge in [0.25, 0.3) is 0 Å². The summed E-state index contributed by atoms with van der Waals surface area (Å²) in [6.45, 7) is 5.44. The first-order valence-corrected chi connectivity index (χ1v) is 5.56. The Kier molecular flexibility index (Phi) is 3.50. The molecule has 2 heterocycles. The number of aromatic nitrogens is 1. The van der Waals surface area contributed by atoms with Crippen molar-refractivity contribution in [3.05, 3.63) is 29.6 Å². The predicted molar refractivity (Wildman–Crippen MR) is 61.7 cm³/mol. The molecular formula is C12H16N4. The average molecular weight is 216 g/mol. The van der Waals surface area contributed by atoms with E-state index in [2.05, 4.69) is 34.3 Å². The third-order valence-electron chi connectivity index (χ3n) is 2.97. The Bertz CT molecular complexity index is 396. The van der Waals surface area contributed by atoms with Gasteiger partial charge in [0.2, 0.25) is 0 Å². The van der Waals surface area contributed by atoms with Crippen molar-refractivity contribution in [3.63, 3.8) is 0 Å². The highest BCUT2D eigenvalue weighted by molar-refractivity contribution is 5.18. The zero-order valence-corrected chi connectivity index (χ0v) is 9.48. The second-order valence-corrected chi connectivity index (χ2v) is 4.09. The lowest BCUT2D eigenvalue weighted by atomic mass is 10.1. The van der Waals surface area contributed by atoms with Gasteiger partial charge in [0.1, 0.15) is 6.04 Å². The van der Waals surface area contributed by atoms with Gasteiger partial charge in [0.05, 0.1) is 11.8 Å². The maximum Gasteiger partial charge on any atom is 0.111 e. The highest BCUT2D eigenvalue weighted by atomic mass is 15.2. The maximum absolute atomic E-state index is 9.06. The number of nitriles is 1. The first kappa shape index (κ1) is 11.1. The fraction of sp³-hybridized carbons (Fsp3) is 0.500. The number of piperazine rings is 1. The van der Waals surface area contributed by atoms with E-state index in [1.807, 2.05) is 12.3 Å². The zero-order valence-electron chi connectivity index (χ0n) is 9.48. The smallest absolute Gasteiger partial charge is 0.111 e. The van der Waals surface area contributed by atoms with E-state index >= 15 is 0 Å². The third-order valence-corrected chi connectivity index (χ3v) is 2.97. The van der Waals surface area contributed by atoms with Gasteiger partial charge >= 0.3 is 0 Å². The Hall–Kier alpha value is -1.44. The number of hydrogen-bond acceptors (Lipinski definition) is 4. The van der Waals surface area contributed by atoms with Gasteiger partial charge in [-0.2, -0.15) is 5.26 Å². The summed E-state index contributed by atoms with van der Waals surface area (Å²) >= 11 is 0. The van der Waals surface area contributed by atoms with Crippen LogP contribution in [0.3, 0.4) is 0 Å². The summed E-state index contributed by atoms with van der Waals surface area (Å²) in [7, 11) is 0. The first-order valence-electron chi connectivity index (χ1n) is 5.56. The van der Waals surface area contributed by atoms with Gasteiger partial charge in [-0.3, -0.25) is 9.88 Å². The van der Waals surface area contributed by atoms with E-state index in [-0.39, 0.29) is 6.04 Å². The molecule has 1 fully saturated rings. The second kappa shape index (κ2) is 5.06. The van der Waals surface area contributed by atoms with Gasteiger partial charge in [-0.25, -0.2) is 0 Å². The summed E-state index contributed by atoms with van der Waals surface area (Å²) in [5.74, 6) is 0.